The molecule has 3 N–H and O–H groups in total. The lowest BCUT2D eigenvalue weighted by atomic mass is 9.69. The zero-order valence-corrected chi connectivity index (χ0v) is 15.1. The van der Waals surface area contributed by atoms with Crippen LogP contribution in [0.1, 0.15) is 44.2 Å². The van der Waals surface area contributed by atoms with Crippen molar-refractivity contribution in [1.29, 1.82) is 0 Å². The van der Waals surface area contributed by atoms with E-state index in [4.69, 9.17) is 0 Å². The standard InChI is InChI=1S/C17H24N2O4S/c1-11-7-12(8-13-14(11)19-15(21)16(13,2)3)24(22,23)18-9-17(10-20)5-4-6-17/h7-8,18,20H,4-6,9-10H2,1-3H3,(H,19,21). The van der Waals surface area contributed by atoms with Crippen LogP contribution in [0.25, 0.3) is 0 Å². The molecular weight excluding hydrogens is 328 g/mol. The zero-order valence-electron chi connectivity index (χ0n) is 14.3. The van der Waals surface area contributed by atoms with Gasteiger partial charge in [0.25, 0.3) is 0 Å². The molecule has 1 saturated carbocycles. The normalized spacial score (nSPS) is 21.1. The topological polar surface area (TPSA) is 95.5 Å². The van der Waals surface area contributed by atoms with Crippen LogP contribution in [0, 0.1) is 12.3 Å². The molecule has 0 bridgehead atoms. The Labute approximate surface area is 142 Å². The lowest BCUT2D eigenvalue weighted by Gasteiger charge is -2.40. The maximum atomic E-state index is 12.7. The van der Waals surface area contributed by atoms with Crippen molar-refractivity contribution in [2.45, 2.75) is 50.3 Å². The number of hydrogen-bond acceptors (Lipinski definition) is 4. The van der Waals surface area contributed by atoms with Crippen LogP contribution in [0.4, 0.5) is 5.69 Å². The summed E-state index contributed by atoms with van der Waals surface area (Å²) in [4.78, 5) is 12.3. The van der Waals surface area contributed by atoms with Crippen molar-refractivity contribution in [3.05, 3.63) is 23.3 Å². The molecule has 7 heteroatoms. The number of aliphatic hydroxyl groups is 1. The van der Waals surface area contributed by atoms with Gasteiger partial charge in [-0.15, -0.1) is 0 Å². The molecule has 0 unspecified atom stereocenters. The van der Waals surface area contributed by atoms with E-state index in [1.165, 1.54) is 0 Å². The van der Waals surface area contributed by atoms with Gasteiger partial charge in [0.1, 0.15) is 0 Å². The van der Waals surface area contributed by atoms with E-state index in [1.54, 1.807) is 32.9 Å². The van der Waals surface area contributed by atoms with Gasteiger partial charge < -0.3 is 10.4 Å². The number of rotatable bonds is 5. The van der Waals surface area contributed by atoms with Gasteiger partial charge in [-0.25, -0.2) is 13.1 Å². The van der Waals surface area contributed by atoms with Crippen LogP contribution in [0.2, 0.25) is 0 Å². The number of sulfonamides is 1. The summed E-state index contributed by atoms with van der Waals surface area (Å²) in [6, 6.07) is 3.16. The molecule has 0 radical (unpaired) electrons. The van der Waals surface area contributed by atoms with Gasteiger partial charge in [-0.05, 0) is 56.9 Å². The minimum atomic E-state index is -3.69. The van der Waals surface area contributed by atoms with E-state index in [2.05, 4.69) is 10.0 Å². The van der Waals surface area contributed by atoms with Gasteiger partial charge in [-0.3, -0.25) is 4.79 Å². The summed E-state index contributed by atoms with van der Waals surface area (Å²) in [5.74, 6) is -0.128. The van der Waals surface area contributed by atoms with Crippen molar-refractivity contribution in [3.8, 4) is 0 Å². The van der Waals surface area contributed by atoms with Crippen molar-refractivity contribution >= 4 is 21.6 Å². The van der Waals surface area contributed by atoms with Crippen molar-refractivity contribution in [2.24, 2.45) is 5.41 Å². The number of amides is 1. The number of fused-ring (bicyclic) bond motifs is 1. The number of hydrogen-bond donors (Lipinski definition) is 3. The van der Waals surface area contributed by atoms with E-state index in [-0.39, 0.29) is 29.4 Å². The predicted molar refractivity (Wildman–Crippen MR) is 91.4 cm³/mol. The Morgan fingerprint density at radius 2 is 1.96 bits per heavy atom. The van der Waals surface area contributed by atoms with E-state index in [9.17, 15) is 18.3 Å². The summed E-state index contributed by atoms with van der Waals surface area (Å²) in [7, 11) is -3.69. The maximum Gasteiger partial charge on any atom is 0.240 e. The van der Waals surface area contributed by atoms with Gasteiger partial charge >= 0.3 is 0 Å². The van der Waals surface area contributed by atoms with Gasteiger partial charge in [0, 0.05) is 24.3 Å². The average molecular weight is 352 g/mol. The third-order valence-corrected chi connectivity index (χ3v) is 6.87. The van der Waals surface area contributed by atoms with E-state index in [0.717, 1.165) is 24.8 Å². The highest BCUT2D eigenvalue weighted by Crippen LogP contribution is 2.42. The number of nitrogens with one attached hydrogen (secondary N) is 2. The highest BCUT2D eigenvalue weighted by Gasteiger charge is 2.41. The maximum absolute atomic E-state index is 12.7. The molecule has 0 aromatic heterocycles. The van der Waals surface area contributed by atoms with Crippen LogP contribution in [-0.2, 0) is 20.2 Å². The van der Waals surface area contributed by atoms with Crippen molar-refractivity contribution in [2.75, 3.05) is 18.5 Å². The first-order valence-electron chi connectivity index (χ1n) is 8.18. The van der Waals surface area contributed by atoms with Crippen molar-refractivity contribution in [1.82, 2.24) is 4.72 Å². The molecular formula is C17H24N2O4S. The summed E-state index contributed by atoms with van der Waals surface area (Å²) >= 11 is 0. The lowest BCUT2D eigenvalue weighted by molar-refractivity contribution is -0.119. The molecule has 1 aliphatic heterocycles. The van der Waals surface area contributed by atoms with E-state index in [1.807, 2.05) is 0 Å². The third kappa shape index (κ3) is 2.64. The highest BCUT2D eigenvalue weighted by molar-refractivity contribution is 7.89. The largest absolute Gasteiger partial charge is 0.396 e. The molecule has 3 rings (SSSR count). The van der Waals surface area contributed by atoms with E-state index in [0.29, 0.717) is 11.3 Å². The van der Waals surface area contributed by atoms with Crippen LogP contribution in [0.3, 0.4) is 0 Å². The lowest BCUT2D eigenvalue weighted by Crippen LogP contribution is -2.44. The van der Waals surface area contributed by atoms with Crippen LogP contribution >= 0.6 is 0 Å². The molecule has 1 fully saturated rings. The summed E-state index contributed by atoms with van der Waals surface area (Å²) in [5, 5.41) is 12.3. The summed E-state index contributed by atoms with van der Waals surface area (Å²) in [5.41, 5.74) is 1.05. The molecule has 1 heterocycles. The van der Waals surface area contributed by atoms with E-state index >= 15 is 0 Å². The fourth-order valence-corrected chi connectivity index (χ4v) is 4.63. The Kier molecular flexibility index (Phi) is 4.01. The molecule has 1 aromatic rings. The Bertz CT molecular complexity index is 790. The molecule has 0 saturated heterocycles. The number of carbonyl (C=O) groups is 1. The van der Waals surface area contributed by atoms with Crippen molar-refractivity contribution < 1.29 is 18.3 Å². The average Bonchev–Trinajstić information content (AvgIpc) is 2.70. The molecule has 1 amide bonds. The number of aliphatic hydroxyl groups excluding tert-OH is 1. The first-order chi connectivity index (χ1) is 11.1. The van der Waals surface area contributed by atoms with Crippen LogP contribution in [0.5, 0.6) is 0 Å². The minimum absolute atomic E-state index is 0.00973. The smallest absolute Gasteiger partial charge is 0.240 e. The number of anilines is 1. The van der Waals surface area contributed by atoms with Crippen LogP contribution < -0.4 is 10.0 Å². The Morgan fingerprint density at radius 3 is 2.50 bits per heavy atom. The Morgan fingerprint density at radius 1 is 1.29 bits per heavy atom. The second-order valence-corrected chi connectivity index (χ2v) is 9.35. The Hall–Kier alpha value is -1.44. The van der Waals surface area contributed by atoms with Crippen LogP contribution in [-0.4, -0.2) is 32.6 Å². The van der Waals surface area contributed by atoms with Gasteiger partial charge in [0.05, 0.1) is 10.3 Å². The molecule has 1 aromatic carbocycles. The fraction of sp³-hybridized carbons (Fsp3) is 0.588. The summed E-state index contributed by atoms with van der Waals surface area (Å²) < 4.78 is 28.0. The number of aryl methyl sites for hydroxylation is 1. The molecule has 2 aliphatic rings. The Balaban J connectivity index is 1.91. The SMILES string of the molecule is Cc1cc(S(=O)(=O)NCC2(CO)CCC2)cc2c1NC(=O)C2(C)C. The monoisotopic (exact) mass is 352 g/mol. The minimum Gasteiger partial charge on any atom is -0.396 e. The molecule has 0 spiro atoms. The van der Waals surface area contributed by atoms with E-state index < -0.39 is 15.4 Å². The quantitative estimate of drug-likeness (QED) is 0.751. The number of carbonyl (C=O) groups excluding carboxylic acids is 1. The second-order valence-electron chi connectivity index (χ2n) is 7.58. The summed E-state index contributed by atoms with van der Waals surface area (Å²) in [6.45, 7) is 5.59. The van der Waals surface area contributed by atoms with Gasteiger partial charge in [0.2, 0.25) is 15.9 Å². The van der Waals surface area contributed by atoms with Crippen molar-refractivity contribution in [3.63, 3.8) is 0 Å². The number of benzene rings is 1. The molecule has 6 nitrogen and oxygen atoms in total. The summed E-state index contributed by atoms with van der Waals surface area (Å²) in [6.07, 6.45) is 2.68. The molecule has 0 atom stereocenters. The molecule has 1 aliphatic carbocycles. The first-order valence-corrected chi connectivity index (χ1v) is 9.67. The molecule has 132 valence electrons. The highest BCUT2D eigenvalue weighted by atomic mass is 32.2. The first kappa shape index (κ1) is 17.4. The molecule has 24 heavy (non-hydrogen) atoms. The van der Waals surface area contributed by atoms with Gasteiger partial charge in [-0.2, -0.15) is 0 Å². The second kappa shape index (κ2) is 5.54. The zero-order chi connectivity index (χ0) is 17.8. The fourth-order valence-electron chi connectivity index (χ4n) is 3.36. The van der Waals surface area contributed by atoms with Crippen LogP contribution in [0.15, 0.2) is 17.0 Å². The van der Waals surface area contributed by atoms with Gasteiger partial charge in [-0.1, -0.05) is 6.42 Å². The predicted octanol–water partition coefficient (Wildman–Crippen LogP) is 1.67. The van der Waals surface area contributed by atoms with Gasteiger partial charge in [0.15, 0.2) is 0 Å². The third-order valence-electron chi connectivity index (χ3n) is 5.49.